The van der Waals surface area contributed by atoms with E-state index in [1.54, 1.807) is 6.07 Å². The molecule has 0 aromatic heterocycles. The summed E-state index contributed by atoms with van der Waals surface area (Å²) in [6, 6.07) is 4.42. The van der Waals surface area contributed by atoms with Crippen molar-refractivity contribution in [1.29, 1.82) is 0 Å². The summed E-state index contributed by atoms with van der Waals surface area (Å²) in [5.41, 5.74) is 6.46. The number of benzene rings is 1. The van der Waals surface area contributed by atoms with E-state index in [0.717, 1.165) is 32.0 Å². The average molecular weight is 291 g/mol. The van der Waals surface area contributed by atoms with Crippen LogP contribution in [0.3, 0.4) is 0 Å². The molecular weight excluding hydrogens is 266 g/mol. The Balaban J connectivity index is 1.71. The first kappa shape index (κ1) is 15.6. The van der Waals surface area contributed by atoms with E-state index < -0.39 is 0 Å². The largest absolute Gasteiger partial charge is 0.508 e. The van der Waals surface area contributed by atoms with Gasteiger partial charge in [-0.3, -0.25) is 4.79 Å². The molecule has 0 saturated carbocycles. The first-order valence-corrected chi connectivity index (χ1v) is 7.65. The van der Waals surface area contributed by atoms with Crippen molar-refractivity contribution in [2.45, 2.75) is 26.2 Å². The number of likely N-dealkylation sites (tertiary alicyclic amines) is 1. The maximum absolute atomic E-state index is 12.0. The average Bonchev–Trinajstić information content (AvgIpc) is 2.47. The van der Waals surface area contributed by atoms with E-state index in [0.29, 0.717) is 17.8 Å². The van der Waals surface area contributed by atoms with Gasteiger partial charge >= 0.3 is 0 Å². The fourth-order valence-electron chi connectivity index (χ4n) is 2.63. The Morgan fingerprint density at radius 3 is 2.86 bits per heavy atom. The summed E-state index contributed by atoms with van der Waals surface area (Å²) in [5.74, 6) is 0.669. The molecule has 1 amide bonds. The minimum absolute atomic E-state index is 0.0526. The van der Waals surface area contributed by atoms with Gasteiger partial charge in [-0.15, -0.1) is 0 Å². The second-order valence-corrected chi connectivity index (χ2v) is 5.91. The van der Waals surface area contributed by atoms with Gasteiger partial charge in [-0.05, 0) is 63.0 Å². The molecule has 1 aromatic carbocycles. The molecule has 116 valence electrons. The third-order valence-corrected chi connectivity index (χ3v) is 4.09. The Labute approximate surface area is 126 Å². The third kappa shape index (κ3) is 4.63. The molecule has 0 unspecified atom stereocenters. The molecule has 1 aromatic rings. The van der Waals surface area contributed by atoms with Crippen LogP contribution in [0.25, 0.3) is 0 Å². The van der Waals surface area contributed by atoms with E-state index in [9.17, 15) is 9.90 Å². The molecule has 21 heavy (non-hydrogen) atoms. The van der Waals surface area contributed by atoms with Gasteiger partial charge in [-0.2, -0.15) is 0 Å². The van der Waals surface area contributed by atoms with E-state index in [-0.39, 0.29) is 11.7 Å². The van der Waals surface area contributed by atoms with Gasteiger partial charge in [0, 0.05) is 12.2 Å². The van der Waals surface area contributed by atoms with Crippen LogP contribution in [0.5, 0.6) is 5.75 Å². The minimum Gasteiger partial charge on any atom is -0.508 e. The number of nitrogens with two attached hydrogens (primary N) is 1. The molecule has 0 spiro atoms. The lowest BCUT2D eigenvalue weighted by molar-refractivity contribution is 0.0951. The highest BCUT2D eigenvalue weighted by atomic mass is 16.3. The first-order valence-electron chi connectivity index (χ1n) is 7.65. The Bertz CT molecular complexity index is 482. The zero-order chi connectivity index (χ0) is 15.2. The molecule has 5 heteroatoms. The van der Waals surface area contributed by atoms with Gasteiger partial charge in [0.25, 0.3) is 5.91 Å². The topological polar surface area (TPSA) is 78.6 Å². The fourth-order valence-corrected chi connectivity index (χ4v) is 2.63. The number of phenols is 1. The van der Waals surface area contributed by atoms with Gasteiger partial charge in [-0.1, -0.05) is 6.92 Å². The van der Waals surface area contributed by atoms with Crippen molar-refractivity contribution in [3.05, 3.63) is 23.8 Å². The predicted molar refractivity (Wildman–Crippen MR) is 84.3 cm³/mol. The summed E-state index contributed by atoms with van der Waals surface area (Å²) in [6.07, 6.45) is 3.47. The lowest BCUT2D eigenvalue weighted by Crippen LogP contribution is -2.35. The summed E-state index contributed by atoms with van der Waals surface area (Å²) in [4.78, 5) is 14.4. The van der Waals surface area contributed by atoms with Crippen LogP contribution >= 0.6 is 0 Å². The molecule has 2 rings (SSSR count). The lowest BCUT2D eigenvalue weighted by Gasteiger charge is -2.30. The molecule has 1 saturated heterocycles. The van der Waals surface area contributed by atoms with Crippen molar-refractivity contribution in [3.8, 4) is 5.75 Å². The predicted octanol–water partition coefficient (Wildman–Crippen LogP) is 1.83. The second-order valence-electron chi connectivity index (χ2n) is 5.91. The monoisotopic (exact) mass is 291 g/mol. The minimum atomic E-state index is -0.226. The first-order chi connectivity index (χ1) is 10.1. The zero-order valence-electron chi connectivity index (χ0n) is 12.6. The van der Waals surface area contributed by atoms with Crippen molar-refractivity contribution in [2.75, 3.05) is 31.9 Å². The number of rotatable bonds is 5. The number of aromatic hydroxyl groups is 1. The van der Waals surface area contributed by atoms with Crippen molar-refractivity contribution < 1.29 is 9.90 Å². The number of nitrogens with zero attached hydrogens (tertiary/aromatic N) is 1. The van der Waals surface area contributed by atoms with Crippen LogP contribution in [-0.4, -0.2) is 42.1 Å². The Kier molecular flexibility index (Phi) is 5.44. The third-order valence-electron chi connectivity index (χ3n) is 4.09. The van der Waals surface area contributed by atoms with Gasteiger partial charge < -0.3 is 21.1 Å². The van der Waals surface area contributed by atoms with Crippen molar-refractivity contribution in [3.63, 3.8) is 0 Å². The Hall–Kier alpha value is -1.75. The number of amides is 1. The highest BCUT2D eigenvalue weighted by Gasteiger charge is 2.15. The molecule has 0 aliphatic carbocycles. The van der Waals surface area contributed by atoms with Gasteiger partial charge in [-0.25, -0.2) is 0 Å². The van der Waals surface area contributed by atoms with Gasteiger partial charge in [0.1, 0.15) is 5.75 Å². The molecule has 4 N–H and O–H groups in total. The lowest BCUT2D eigenvalue weighted by atomic mass is 9.99. The van der Waals surface area contributed by atoms with Crippen LogP contribution in [0.15, 0.2) is 18.2 Å². The standard InChI is InChI=1S/C16H25N3O2/c1-12-5-9-19(10-6-12)8-2-7-18-16(21)14-11-13(20)3-4-15(14)17/h3-4,11-12,20H,2,5-10,17H2,1H3,(H,18,21). The van der Waals surface area contributed by atoms with Crippen molar-refractivity contribution in [1.82, 2.24) is 10.2 Å². The Morgan fingerprint density at radius 1 is 1.43 bits per heavy atom. The van der Waals surface area contributed by atoms with Crippen LogP contribution in [0.1, 0.15) is 36.5 Å². The molecule has 5 nitrogen and oxygen atoms in total. The van der Waals surface area contributed by atoms with E-state index in [1.165, 1.54) is 25.0 Å². The molecule has 0 bridgehead atoms. The van der Waals surface area contributed by atoms with Crippen LogP contribution in [0.2, 0.25) is 0 Å². The van der Waals surface area contributed by atoms with Crippen LogP contribution in [0.4, 0.5) is 5.69 Å². The second kappa shape index (κ2) is 7.31. The smallest absolute Gasteiger partial charge is 0.253 e. The fraction of sp³-hybridized carbons (Fsp3) is 0.562. The maximum atomic E-state index is 12.0. The number of piperidine rings is 1. The summed E-state index contributed by atoms with van der Waals surface area (Å²) >= 11 is 0. The van der Waals surface area contributed by atoms with E-state index in [2.05, 4.69) is 17.1 Å². The summed E-state index contributed by atoms with van der Waals surface area (Å²) in [6.45, 7) is 6.27. The van der Waals surface area contributed by atoms with Gasteiger partial charge in [0.05, 0.1) is 5.56 Å². The van der Waals surface area contributed by atoms with E-state index in [1.807, 2.05) is 0 Å². The molecule has 1 aliphatic heterocycles. The molecule has 1 aliphatic rings. The van der Waals surface area contributed by atoms with Crippen molar-refractivity contribution in [2.24, 2.45) is 5.92 Å². The number of nitrogen functional groups attached to an aromatic ring is 1. The molecule has 0 radical (unpaired) electrons. The summed E-state index contributed by atoms with van der Waals surface area (Å²) in [5, 5.41) is 12.3. The molecule has 1 fully saturated rings. The zero-order valence-corrected chi connectivity index (χ0v) is 12.6. The van der Waals surface area contributed by atoms with Gasteiger partial charge in [0.15, 0.2) is 0 Å². The maximum Gasteiger partial charge on any atom is 0.253 e. The van der Waals surface area contributed by atoms with E-state index >= 15 is 0 Å². The summed E-state index contributed by atoms with van der Waals surface area (Å²) in [7, 11) is 0. The Morgan fingerprint density at radius 2 is 2.14 bits per heavy atom. The number of anilines is 1. The number of carbonyl (C=O) groups excluding carboxylic acids is 1. The normalized spacial score (nSPS) is 16.8. The SMILES string of the molecule is CC1CCN(CCCNC(=O)c2cc(O)ccc2N)CC1. The van der Waals surface area contributed by atoms with Crippen molar-refractivity contribution >= 4 is 11.6 Å². The van der Waals surface area contributed by atoms with Crippen LogP contribution in [-0.2, 0) is 0 Å². The highest BCUT2D eigenvalue weighted by Crippen LogP contribution is 2.18. The van der Waals surface area contributed by atoms with Crippen LogP contribution in [0, 0.1) is 5.92 Å². The van der Waals surface area contributed by atoms with E-state index in [4.69, 9.17) is 5.73 Å². The van der Waals surface area contributed by atoms with Crippen LogP contribution < -0.4 is 11.1 Å². The number of hydrogen-bond acceptors (Lipinski definition) is 4. The van der Waals surface area contributed by atoms with Gasteiger partial charge in [0.2, 0.25) is 0 Å². The summed E-state index contributed by atoms with van der Waals surface area (Å²) < 4.78 is 0. The molecule has 0 atom stereocenters. The number of nitrogens with one attached hydrogen (secondary N) is 1. The number of carbonyl (C=O) groups is 1. The number of hydrogen-bond donors (Lipinski definition) is 3. The molecular formula is C16H25N3O2. The number of phenolic OH excluding ortho intramolecular Hbond substituents is 1. The highest BCUT2D eigenvalue weighted by molar-refractivity contribution is 5.99. The molecule has 1 heterocycles. The quantitative estimate of drug-likeness (QED) is 0.439.